The highest BCUT2D eigenvalue weighted by Gasteiger charge is 2.05. The van der Waals surface area contributed by atoms with Crippen molar-refractivity contribution >= 4 is 29.3 Å². The van der Waals surface area contributed by atoms with Crippen LogP contribution in [0.1, 0.15) is 18.1 Å². The Kier molecular flexibility index (Phi) is 6.27. The zero-order valence-corrected chi connectivity index (χ0v) is 14.7. The van der Waals surface area contributed by atoms with Crippen LogP contribution < -0.4 is 14.8 Å². The average molecular weight is 346 g/mol. The van der Waals surface area contributed by atoms with Crippen molar-refractivity contribution in [3.63, 3.8) is 0 Å². The number of nitrogens with one attached hydrogen (secondary N) is 1. The first-order valence-corrected chi connectivity index (χ1v) is 7.97. The number of carbonyl (C=O) groups is 1. The monoisotopic (exact) mass is 345 g/mol. The first kappa shape index (κ1) is 17.9. The maximum atomic E-state index is 12.0. The van der Waals surface area contributed by atoms with Gasteiger partial charge >= 0.3 is 0 Å². The molecule has 126 valence electrons. The van der Waals surface area contributed by atoms with Gasteiger partial charge in [0.05, 0.1) is 13.7 Å². The van der Waals surface area contributed by atoms with Crippen molar-refractivity contribution in [3.05, 3.63) is 58.6 Å². The SMILES string of the molecule is CCOc1ccc(/C=C/C(=O)Nc2ccc(C)c(Cl)c2)cc1OC. The fourth-order valence-electron chi connectivity index (χ4n) is 2.09. The van der Waals surface area contributed by atoms with Gasteiger partial charge in [-0.05, 0) is 55.3 Å². The van der Waals surface area contributed by atoms with E-state index in [1.54, 1.807) is 19.3 Å². The second-order valence-electron chi connectivity index (χ2n) is 5.13. The zero-order valence-electron chi connectivity index (χ0n) is 13.9. The summed E-state index contributed by atoms with van der Waals surface area (Å²) in [5, 5.41) is 3.39. The van der Waals surface area contributed by atoms with E-state index in [2.05, 4.69) is 5.32 Å². The summed E-state index contributed by atoms with van der Waals surface area (Å²) in [6.45, 7) is 4.38. The number of hydrogen-bond donors (Lipinski definition) is 1. The molecular formula is C19H20ClNO3. The highest BCUT2D eigenvalue weighted by Crippen LogP contribution is 2.28. The summed E-state index contributed by atoms with van der Waals surface area (Å²) in [5.41, 5.74) is 2.46. The first-order valence-electron chi connectivity index (χ1n) is 7.59. The van der Waals surface area contributed by atoms with Gasteiger partial charge in [-0.1, -0.05) is 23.7 Å². The van der Waals surface area contributed by atoms with Gasteiger partial charge < -0.3 is 14.8 Å². The molecule has 2 aromatic carbocycles. The molecule has 1 N–H and O–H groups in total. The van der Waals surface area contributed by atoms with Crippen LogP contribution in [0, 0.1) is 6.92 Å². The van der Waals surface area contributed by atoms with Crippen LogP contribution in [0.5, 0.6) is 11.5 Å². The highest BCUT2D eigenvalue weighted by molar-refractivity contribution is 6.31. The van der Waals surface area contributed by atoms with Gasteiger partial charge in [0.25, 0.3) is 0 Å². The lowest BCUT2D eigenvalue weighted by Gasteiger charge is -2.09. The minimum Gasteiger partial charge on any atom is -0.493 e. The second kappa shape index (κ2) is 8.41. The molecule has 0 atom stereocenters. The molecule has 4 nitrogen and oxygen atoms in total. The minimum absolute atomic E-state index is 0.234. The Morgan fingerprint density at radius 3 is 2.67 bits per heavy atom. The van der Waals surface area contributed by atoms with E-state index in [0.29, 0.717) is 28.8 Å². The van der Waals surface area contributed by atoms with Crippen molar-refractivity contribution in [1.82, 2.24) is 0 Å². The smallest absolute Gasteiger partial charge is 0.248 e. The van der Waals surface area contributed by atoms with Crippen LogP contribution in [0.4, 0.5) is 5.69 Å². The van der Waals surface area contributed by atoms with Gasteiger partial charge in [0.1, 0.15) is 0 Å². The van der Waals surface area contributed by atoms with Gasteiger partial charge in [-0.25, -0.2) is 0 Å². The maximum absolute atomic E-state index is 12.0. The summed E-state index contributed by atoms with van der Waals surface area (Å²) in [4.78, 5) is 12.0. The predicted octanol–water partition coefficient (Wildman–Crippen LogP) is 4.71. The fourth-order valence-corrected chi connectivity index (χ4v) is 2.27. The third kappa shape index (κ3) is 4.77. The number of carbonyl (C=O) groups excluding carboxylic acids is 1. The number of methoxy groups -OCH3 is 1. The molecule has 0 aliphatic heterocycles. The first-order chi connectivity index (χ1) is 11.5. The summed E-state index contributed by atoms with van der Waals surface area (Å²) in [6.07, 6.45) is 3.17. The minimum atomic E-state index is -0.234. The maximum Gasteiger partial charge on any atom is 0.248 e. The molecule has 0 fully saturated rings. The molecule has 0 unspecified atom stereocenters. The van der Waals surface area contributed by atoms with Crippen LogP contribution in [0.2, 0.25) is 5.02 Å². The number of hydrogen-bond acceptors (Lipinski definition) is 3. The molecule has 0 heterocycles. The van der Waals surface area contributed by atoms with Crippen LogP contribution in [-0.2, 0) is 4.79 Å². The molecule has 2 rings (SSSR count). The van der Waals surface area contributed by atoms with Gasteiger partial charge in [0.15, 0.2) is 11.5 Å². The molecule has 0 spiro atoms. The van der Waals surface area contributed by atoms with Crippen LogP contribution in [0.15, 0.2) is 42.5 Å². The van der Waals surface area contributed by atoms with Gasteiger partial charge in [-0.2, -0.15) is 0 Å². The molecule has 0 aliphatic rings. The van der Waals surface area contributed by atoms with E-state index in [9.17, 15) is 4.79 Å². The van der Waals surface area contributed by atoms with Gasteiger partial charge in [0.2, 0.25) is 5.91 Å². The highest BCUT2D eigenvalue weighted by atomic mass is 35.5. The van der Waals surface area contributed by atoms with Gasteiger partial charge in [-0.3, -0.25) is 4.79 Å². The van der Waals surface area contributed by atoms with Crippen LogP contribution in [-0.4, -0.2) is 19.6 Å². The van der Waals surface area contributed by atoms with Gasteiger partial charge in [0, 0.05) is 16.8 Å². The average Bonchev–Trinajstić information content (AvgIpc) is 2.57. The van der Waals surface area contributed by atoms with E-state index in [1.165, 1.54) is 6.08 Å². The second-order valence-corrected chi connectivity index (χ2v) is 5.54. The summed E-state index contributed by atoms with van der Waals surface area (Å²) >= 11 is 6.05. The van der Waals surface area contributed by atoms with Crippen LogP contribution in [0.3, 0.4) is 0 Å². The van der Waals surface area contributed by atoms with Crippen molar-refractivity contribution < 1.29 is 14.3 Å². The Balaban J connectivity index is 2.06. The predicted molar refractivity (Wildman–Crippen MR) is 98.0 cm³/mol. The Labute approximate surface area is 147 Å². The van der Waals surface area contributed by atoms with E-state index >= 15 is 0 Å². The molecular weight excluding hydrogens is 326 g/mol. The Hall–Kier alpha value is -2.46. The largest absolute Gasteiger partial charge is 0.493 e. The van der Waals surface area contributed by atoms with E-state index < -0.39 is 0 Å². The fraction of sp³-hybridized carbons (Fsp3) is 0.211. The molecule has 5 heteroatoms. The molecule has 0 aliphatic carbocycles. The molecule has 2 aromatic rings. The van der Waals surface area contributed by atoms with Crippen molar-refractivity contribution in [2.75, 3.05) is 19.0 Å². The van der Waals surface area contributed by atoms with Crippen LogP contribution >= 0.6 is 11.6 Å². The molecule has 0 aromatic heterocycles. The molecule has 0 bridgehead atoms. The van der Waals surface area contributed by atoms with Gasteiger partial charge in [-0.15, -0.1) is 0 Å². The number of ether oxygens (including phenoxy) is 2. The standard InChI is InChI=1S/C19H20ClNO3/c1-4-24-17-9-6-14(11-18(17)23-3)7-10-19(22)21-15-8-5-13(2)16(20)12-15/h5-12H,4H2,1-3H3,(H,21,22)/b10-7+. The zero-order chi connectivity index (χ0) is 17.5. The van der Waals surface area contributed by atoms with Crippen LogP contribution in [0.25, 0.3) is 6.08 Å². The lowest BCUT2D eigenvalue weighted by molar-refractivity contribution is -0.111. The van der Waals surface area contributed by atoms with Crippen molar-refractivity contribution in [1.29, 1.82) is 0 Å². The van der Waals surface area contributed by atoms with Crippen molar-refractivity contribution in [3.8, 4) is 11.5 Å². The number of amides is 1. The number of anilines is 1. The molecule has 0 saturated heterocycles. The number of aryl methyl sites for hydroxylation is 1. The number of benzene rings is 2. The number of rotatable bonds is 6. The molecule has 0 saturated carbocycles. The Bertz CT molecular complexity index is 756. The van der Waals surface area contributed by atoms with E-state index in [1.807, 2.05) is 44.2 Å². The Morgan fingerprint density at radius 2 is 2.00 bits per heavy atom. The molecule has 1 amide bonds. The third-order valence-corrected chi connectivity index (χ3v) is 3.76. The molecule has 0 radical (unpaired) electrons. The third-order valence-electron chi connectivity index (χ3n) is 3.35. The molecule has 24 heavy (non-hydrogen) atoms. The summed E-state index contributed by atoms with van der Waals surface area (Å²) in [5.74, 6) is 1.07. The summed E-state index contributed by atoms with van der Waals surface area (Å²) < 4.78 is 10.8. The normalized spacial score (nSPS) is 10.7. The summed E-state index contributed by atoms with van der Waals surface area (Å²) in [6, 6.07) is 10.9. The van der Waals surface area contributed by atoms with Crippen molar-refractivity contribution in [2.24, 2.45) is 0 Å². The lowest BCUT2D eigenvalue weighted by Crippen LogP contribution is -2.07. The summed E-state index contributed by atoms with van der Waals surface area (Å²) in [7, 11) is 1.58. The topological polar surface area (TPSA) is 47.6 Å². The van der Waals surface area contributed by atoms with E-state index in [-0.39, 0.29) is 5.91 Å². The lowest BCUT2D eigenvalue weighted by atomic mass is 10.2. The van der Waals surface area contributed by atoms with E-state index in [0.717, 1.165) is 11.1 Å². The Morgan fingerprint density at radius 1 is 1.21 bits per heavy atom. The van der Waals surface area contributed by atoms with E-state index in [4.69, 9.17) is 21.1 Å². The quantitative estimate of drug-likeness (QED) is 0.771. The van der Waals surface area contributed by atoms with Crippen molar-refractivity contribution in [2.45, 2.75) is 13.8 Å². The number of halogens is 1.